The van der Waals surface area contributed by atoms with E-state index in [9.17, 15) is 4.79 Å². The summed E-state index contributed by atoms with van der Waals surface area (Å²) in [6.07, 6.45) is 2.66. The number of carbonyl (C=O) groups is 1. The molecule has 0 spiro atoms. The molecule has 0 aliphatic carbocycles. The minimum Gasteiger partial charge on any atom is -0.444 e. The Morgan fingerprint density at radius 1 is 1.29 bits per heavy atom. The van der Waals surface area contributed by atoms with Crippen molar-refractivity contribution in [1.82, 2.24) is 14.8 Å². The van der Waals surface area contributed by atoms with Crippen molar-refractivity contribution in [3.8, 4) is 0 Å². The molecule has 6 heteroatoms. The fourth-order valence-corrected chi connectivity index (χ4v) is 3.65. The summed E-state index contributed by atoms with van der Waals surface area (Å²) >= 11 is 0. The number of pyridine rings is 1. The Hall–Kier alpha value is -1.66. The van der Waals surface area contributed by atoms with Crippen molar-refractivity contribution in [3.63, 3.8) is 0 Å². The Bertz CT molecular complexity index is 582. The number of nitrogens with one attached hydrogen (secondary N) is 1. The minimum atomic E-state index is -0.508. The zero-order chi connectivity index (χ0) is 17.3. The molecule has 3 heterocycles. The second-order valence-electron chi connectivity index (χ2n) is 7.74. The van der Waals surface area contributed by atoms with E-state index in [0.29, 0.717) is 11.9 Å². The van der Waals surface area contributed by atoms with Gasteiger partial charge in [-0.1, -0.05) is 13.0 Å². The molecule has 2 aliphatic rings. The zero-order valence-corrected chi connectivity index (χ0v) is 15.1. The monoisotopic (exact) mass is 332 g/mol. The highest BCUT2D eigenvalue weighted by atomic mass is 16.6. The molecule has 24 heavy (non-hydrogen) atoms. The van der Waals surface area contributed by atoms with Gasteiger partial charge >= 0.3 is 6.09 Å². The van der Waals surface area contributed by atoms with Gasteiger partial charge in [0.2, 0.25) is 0 Å². The molecule has 0 radical (unpaired) electrons. The van der Waals surface area contributed by atoms with E-state index in [1.54, 1.807) is 0 Å². The van der Waals surface area contributed by atoms with E-state index in [2.05, 4.69) is 27.0 Å². The number of likely N-dealkylation sites (tertiary alicyclic amines) is 2. The van der Waals surface area contributed by atoms with Gasteiger partial charge < -0.3 is 4.74 Å². The average Bonchev–Trinajstić information content (AvgIpc) is 3.06. The number of piperazine rings is 1. The molecule has 1 aromatic rings. The highest BCUT2D eigenvalue weighted by molar-refractivity contribution is 5.83. The van der Waals surface area contributed by atoms with Gasteiger partial charge in [0.05, 0.1) is 0 Å². The quantitative estimate of drug-likeness (QED) is 0.919. The van der Waals surface area contributed by atoms with Crippen LogP contribution in [-0.2, 0) is 11.3 Å². The van der Waals surface area contributed by atoms with Gasteiger partial charge in [-0.05, 0) is 45.4 Å². The Labute approximate surface area is 144 Å². The number of nitrogens with zero attached hydrogens (tertiary/aromatic N) is 3. The number of fused-ring (bicyclic) bond motifs is 2. The summed E-state index contributed by atoms with van der Waals surface area (Å²) in [5.74, 6) is 0.521. The topological polar surface area (TPSA) is 57.7 Å². The number of anilines is 1. The van der Waals surface area contributed by atoms with Gasteiger partial charge in [0.15, 0.2) is 0 Å². The second-order valence-corrected chi connectivity index (χ2v) is 7.74. The van der Waals surface area contributed by atoms with Gasteiger partial charge in [0.1, 0.15) is 11.4 Å². The largest absolute Gasteiger partial charge is 0.444 e. The van der Waals surface area contributed by atoms with E-state index in [0.717, 1.165) is 25.7 Å². The number of carbonyl (C=O) groups excluding carboxylic acids is 1. The molecule has 6 nitrogen and oxygen atoms in total. The summed E-state index contributed by atoms with van der Waals surface area (Å²) in [4.78, 5) is 21.2. The lowest BCUT2D eigenvalue weighted by Gasteiger charge is -2.33. The highest BCUT2D eigenvalue weighted by Gasteiger charge is 2.42. The first-order valence-electron chi connectivity index (χ1n) is 8.77. The number of ether oxygens (including phenoxy) is 1. The van der Waals surface area contributed by atoms with Gasteiger partial charge in [-0.15, -0.1) is 0 Å². The third kappa shape index (κ3) is 4.05. The first-order valence-corrected chi connectivity index (χ1v) is 8.77. The van der Waals surface area contributed by atoms with E-state index in [1.807, 2.05) is 39.1 Å². The van der Waals surface area contributed by atoms with Crippen LogP contribution in [-0.4, -0.2) is 58.2 Å². The maximum Gasteiger partial charge on any atom is 0.413 e. The molecule has 1 aromatic heterocycles. The maximum atomic E-state index is 11.8. The maximum absolute atomic E-state index is 11.8. The third-order valence-corrected chi connectivity index (χ3v) is 4.71. The molecule has 2 unspecified atom stereocenters. The van der Waals surface area contributed by atoms with Crippen molar-refractivity contribution in [3.05, 3.63) is 23.9 Å². The molecule has 2 atom stereocenters. The Balaban J connectivity index is 1.52. The van der Waals surface area contributed by atoms with Gasteiger partial charge in [-0.2, -0.15) is 0 Å². The number of amides is 1. The van der Waals surface area contributed by atoms with Crippen LogP contribution in [0.25, 0.3) is 0 Å². The Morgan fingerprint density at radius 2 is 2.00 bits per heavy atom. The number of aromatic nitrogens is 1. The summed E-state index contributed by atoms with van der Waals surface area (Å²) in [6, 6.07) is 5.27. The number of hydrogen-bond acceptors (Lipinski definition) is 5. The predicted molar refractivity (Wildman–Crippen MR) is 93.9 cm³/mol. The predicted octanol–water partition coefficient (Wildman–Crippen LogP) is 2.71. The molecule has 2 aliphatic heterocycles. The molecule has 1 amide bonds. The second kappa shape index (κ2) is 6.69. The Kier molecular flexibility index (Phi) is 4.78. The summed E-state index contributed by atoms with van der Waals surface area (Å²) in [5.41, 5.74) is 0.672. The Morgan fingerprint density at radius 3 is 2.54 bits per heavy atom. The van der Waals surface area contributed by atoms with E-state index in [1.165, 1.54) is 18.5 Å². The van der Waals surface area contributed by atoms with E-state index in [4.69, 9.17) is 4.74 Å². The standard InChI is InChI=1S/C18H28N4O2/c1-5-21-11-15-8-14(21)12-22(15)10-13-6-7-16(19-9-13)20-17(23)24-18(2,3)4/h6-7,9,14-15H,5,8,10-12H2,1-4H3,(H,19,20,23). The van der Waals surface area contributed by atoms with Crippen LogP contribution in [0.5, 0.6) is 0 Å². The van der Waals surface area contributed by atoms with Crippen LogP contribution in [0.4, 0.5) is 10.6 Å². The third-order valence-electron chi connectivity index (χ3n) is 4.71. The first kappa shape index (κ1) is 17.2. The lowest BCUT2D eigenvalue weighted by Crippen LogP contribution is -2.45. The van der Waals surface area contributed by atoms with Crippen molar-refractivity contribution in [1.29, 1.82) is 0 Å². The SMILES string of the molecule is CCN1CC2CC1CN2Cc1ccc(NC(=O)OC(C)(C)C)nc1. The van der Waals surface area contributed by atoms with Gasteiger partial charge in [0, 0.05) is 37.9 Å². The van der Waals surface area contributed by atoms with Crippen LogP contribution in [0, 0.1) is 0 Å². The van der Waals surface area contributed by atoms with E-state index in [-0.39, 0.29) is 0 Å². The van der Waals surface area contributed by atoms with Crippen molar-refractivity contribution in [2.45, 2.75) is 58.3 Å². The summed E-state index contributed by atoms with van der Waals surface area (Å²) in [6.45, 7) is 12.2. The lowest BCUT2D eigenvalue weighted by molar-refractivity contribution is 0.0635. The van der Waals surface area contributed by atoms with Crippen LogP contribution in [0.1, 0.15) is 39.7 Å². The fraction of sp³-hybridized carbons (Fsp3) is 0.667. The molecule has 132 valence electrons. The average molecular weight is 332 g/mol. The zero-order valence-electron chi connectivity index (χ0n) is 15.1. The van der Waals surface area contributed by atoms with Gasteiger partial charge in [-0.25, -0.2) is 9.78 Å². The molecule has 3 rings (SSSR count). The lowest BCUT2D eigenvalue weighted by atomic mass is 10.2. The number of likely N-dealkylation sites (N-methyl/N-ethyl adjacent to an activating group) is 1. The minimum absolute atomic E-state index is 0.473. The van der Waals surface area contributed by atoms with Gasteiger partial charge in [0.25, 0.3) is 0 Å². The van der Waals surface area contributed by atoms with Crippen LogP contribution >= 0.6 is 0 Å². The summed E-state index contributed by atoms with van der Waals surface area (Å²) < 4.78 is 5.23. The first-order chi connectivity index (χ1) is 11.3. The molecule has 1 N–H and O–H groups in total. The molecule has 2 bridgehead atoms. The molecule has 0 saturated carbocycles. The molecule has 2 saturated heterocycles. The normalized spacial score (nSPS) is 24.3. The van der Waals surface area contributed by atoms with Crippen LogP contribution in [0.15, 0.2) is 18.3 Å². The summed E-state index contributed by atoms with van der Waals surface area (Å²) in [7, 11) is 0. The van der Waals surface area contributed by atoms with Crippen molar-refractivity contribution >= 4 is 11.9 Å². The van der Waals surface area contributed by atoms with E-state index < -0.39 is 11.7 Å². The van der Waals surface area contributed by atoms with Crippen molar-refractivity contribution in [2.75, 3.05) is 25.0 Å². The number of rotatable bonds is 4. The van der Waals surface area contributed by atoms with Crippen LogP contribution in [0.3, 0.4) is 0 Å². The fourth-order valence-electron chi connectivity index (χ4n) is 3.65. The smallest absolute Gasteiger partial charge is 0.413 e. The van der Waals surface area contributed by atoms with Crippen molar-refractivity contribution in [2.24, 2.45) is 0 Å². The van der Waals surface area contributed by atoms with Gasteiger partial charge in [-0.3, -0.25) is 15.1 Å². The summed E-state index contributed by atoms with van der Waals surface area (Å²) in [5, 5.41) is 2.67. The van der Waals surface area contributed by atoms with Crippen LogP contribution in [0.2, 0.25) is 0 Å². The molecular formula is C18H28N4O2. The number of hydrogen-bond donors (Lipinski definition) is 1. The molecule has 2 fully saturated rings. The molecular weight excluding hydrogens is 304 g/mol. The van der Waals surface area contributed by atoms with E-state index >= 15 is 0 Å². The highest BCUT2D eigenvalue weighted by Crippen LogP contribution is 2.31. The van der Waals surface area contributed by atoms with Crippen molar-refractivity contribution < 1.29 is 9.53 Å². The van der Waals surface area contributed by atoms with Crippen LogP contribution < -0.4 is 5.32 Å². The molecule has 0 aromatic carbocycles.